The molecule has 0 unspecified atom stereocenters. The van der Waals surface area contributed by atoms with Gasteiger partial charge in [0.15, 0.2) is 11.5 Å². The third kappa shape index (κ3) is 6.67. The van der Waals surface area contributed by atoms with Crippen molar-refractivity contribution in [1.29, 1.82) is 0 Å². The van der Waals surface area contributed by atoms with Gasteiger partial charge in [-0.15, -0.1) is 11.8 Å². The molecule has 0 bridgehead atoms. The Labute approximate surface area is 177 Å². The lowest BCUT2D eigenvalue weighted by Gasteiger charge is -2.08. The fraction of sp³-hybridized carbons (Fsp3) is 0.158. The fourth-order valence-electron chi connectivity index (χ4n) is 2.07. The van der Waals surface area contributed by atoms with Gasteiger partial charge in [0.2, 0.25) is 5.91 Å². The predicted octanol–water partition coefficient (Wildman–Crippen LogP) is 3.96. The Kier molecular flexibility index (Phi) is 8.50. The number of hydrogen-bond donors (Lipinski definition) is 2. The molecule has 0 saturated carbocycles. The zero-order valence-corrected chi connectivity index (χ0v) is 17.5. The highest BCUT2D eigenvalue weighted by atomic mass is 35.5. The summed E-state index contributed by atoms with van der Waals surface area (Å²) < 4.78 is 10.4. The minimum Gasteiger partial charge on any atom is -0.493 e. The summed E-state index contributed by atoms with van der Waals surface area (Å²) >= 11 is 13.2. The summed E-state index contributed by atoms with van der Waals surface area (Å²) in [5, 5.41) is 1.03. The van der Waals surface area contributed by atoms with Gasteiger partial charge in [0, 0.05) is 16.0 Å². The Hall–Kier alpha value is -2.35. The van der Waals surface area contributed by atoms with Crippen molar-refractivity contribution in [1.82, 2.24) is 10.9 Å². The van der Waals surface area contributed by atoms with Crippen molar-refractivity contribution in [3.8, 4) is 11.5 Å². The first-order valence-corrected chi connectivity index (χ1v) is 9.74. The van der Waals surface area contributed by atoms with Crippen molar-refractivity contribution in [2.75, 3.05) is 20.0 Å². The van der Waals surface area contributed by atoms with Crippen molar-refractivity contribution in [2.45, 2.75) is 4.90 Å². The van der Waals surface area contributed by atoms with Crippen LogP contribution in [-0.4, -0.2) is 31.8 Å². The first-order chi connectivity index (χ1) is 13.4. The molecule has 0 fully saturated rings. The Morgan fingerprint density at radius 3 is 2.50 bits per heavy atom. The second kappa shape index (κ2) is 10.8. The number of hydrogen-bond acceptors (Lipinski definition) is 5. The highest BCUT2D eigenvalue weighted by molar-refractivity contribution is 8.00. The zero-order valence-electron chi connectivity index (χ0n) is 15.1. The van der Waals surface area contributed by atoms with Crippen LogP contribution in [0.1, 0.15) is 5.56 Å². The van der Waals surface area contributed by atoms with Crippen LogP contribution < -0.4 is 20.3 Å². The van der Waals surface area contributed by atoms with E-state index in [0.29, 0.717) is 26.4 Å². The first kappa shape index (κ1) is 21.9. The predicted molar refractivity (Wildman–Crippen MR) is 112 cm³/mol. The standard InChI is InChI=1S/C19H18Cl2N2O4S/c1-26-15-7-3-12(9-16(15)27-2)4-8-18(24)22-23-19(25)11-28-17-10-13(20)5-6-14(17)21/h3-10H,11H2,1-2H3,(H,22,24)(H,23,25)/b8-4+. The number of methoxy groups -OCH3 is 2. The molecule has 0 heterocycles. The molecule has 2 rings (SSSR count). The number of rotatable bonds is 7. The van der Waals surface area contributed by atoms with E-state index in [0.717, 1.165) is 5.56 Å². The van der Waals surface area contributed by atoms with Crippen LogP contribution in [0.2, 0.25) is 10.0 Å². The molecule has 0 atom stereocenters. The van der Waals surface area contributed by atoms with Gasteiger partial charge in [-0.05, 0) is 42.0 Å². The van der Waals surface area contributed by atoms with E-state index in [4.69, 9.17) is 32.7 Å². The summed E-state index contributed by atoms with van der Waals surface area (Å²) in [6, 6.07) is 10.2. The molecule has 2 N–H and O–H groups in total. The molecular weight excluding hydrogens is 423 g/mol. The van der Waals surface area contributed by atoms with Crippen LogP contribution in [0.5, 0.6) is 11.5 Å². The number of nitrogens with one attached hydrogen (secondary N) is 2. The van der Waals surface area contributed by atoms with Crippen LogP contribution in [0.25, 0.3) is 6.08 Å². The monoisotopic (exact) mass is 440 g/mol. The Bertz CT molecular complexity index is 890. The maximum Gasteiger partial charge on any atom is 0.262 e. The van der Waals surface area contributed by atoms with Crippen molar-refractivity contribution in [2.24, 2.45) is 0 Å². The average molecular weight is 441 g/mol. The van der Waals surface area contributed by atoms with Gasteiger partial charge in [-0.3, -0.25) is 20.4 Å². The van der Waals surface area contributed by atoms with Crippen molar-refractivity contribution < 1.29 is 19.1 Å². The molecule has 0 aliphatic carbocycles. The summed E-state index contributed by atoms with van der Waals surface area (Å²) in [7, 11) is 3.07. The average Bonchev–Trinajstić information content (AvgIpc) is 2.70. The second-order valence-corrected chi connectivity index (χ2v) is 7.21. The van der Waals surface area contributed by atoms with E-state index < -0.39 is 5.91 Å². The molecule has 148 valence electrons. The Balaban J connectivity index is 1.82. The molecule has 0 spiro atoms. The van der Waals surface area contributed by atoms with Crippen molar-refractivity contribution >= 4 is 52.9 Å². The zero-order chi connectivity index (χ0) is 20.5. The van der Waals surface area contributed by atoms with E-state index in [1.54, 1.807) is 49.6 Å². The summed E-state index contributed by atoms with van der Waals surface area (Å²) in [6.07, 6.45) is 2.88. The van der Waals surface area contributed by atoms with Crippen molar-refractivity contribution in [3.63, 3.8) is 0 Å². The molecule has 0 saturated heterocycles. The Morgan fingerprint density at radius 2 is 1.79 bits per heavy atom. The van der Waals surface area contributed by atoms with Gasteiger partial charge in [0.1, 0.15) is 0 Å². The molecule has 0 radical (unpaired) electrons. The molecule has 2 aromatic carbocycles. The van der Waals surface area contributed by atoms with E-state index in [2.05, 4.69) is 10.9 Å². The number of carbonyl (C=O) groups excluding carboxylic acids is 2. The maximum atomic E-state index is 11.9. The molecule has 6 nitrogen and oxygen atoms in total. The van der Waals surface area contributed by atoms with Crippen LogP contribution in [0.15, 0.2) is 47.4 Å². The Morgan fingerprint density at radius 1 is 1.04 bits per heavy atom. The minimum atomic E-state index is -0.478. The van der Waals surface area contributed by atoms with E-state index in [9.17, 15) is 9.59 Å². The third-order valence-electron chi connectivity index (χ3n) is 3.41. The number of amides is 2. The van der Waals surface area contributed by atoms with Crippen LogP contribution >= 0.6 is 35.0 Å². The van der Waals surface area contributed by atoms with Gasteiger partial charge in [-0.25, -0.2) is 0 Å². The van der Waals surface area contributed by atoms with Gasteiger partial charge in [0.25, 0.3) is 5.91 Å². The summed E-state index contributed by atoms with van der Waals surface area (Å²) in [4.78, 5) is 24.4. The second-order valence-electron chi connectivity index (χ2n) is 5.35. The highest BCUT2D eigenvalue weighted by Crippen LogP contribution is 2.29. The number of thioether (sulfide) groups is 1. The minimum absolute atomic E-state index is 0.0692. The van der Waals surface area contributed by atoms with Gasteiger partial charge in [-0.1, -0.05) is 29.3 Å². The summed E-state index contributed by atoms with van der Waals surface area (Å²) in [5.74, 6) is 0.353. The molecule has 9 heteroatoms. The lowest BCUT2D eigenvalue weighted by atomic mass is 10.2. The van der Waals surface area contributed by atoms with Crippen LogP contribution in [0.3, 0.4) is 0 Å². The molecule has 0 aromatic heterocycles. The van der Waals surface area contributed by atoms with Crippen LogP contribution in [0.4, 0.5) is 0 Å². The van der Waals surface area contributed by atoms with E-state index in [1.807, 2.05) is 0 Å². The van der Waals surface area contributed by atoms with E-state index >= 15 is 0 Å². The van der Waals surface area contributed by atoms with Crippen molar-refractivity contribution in [3.05, 3.63) is 58.1 Å². The number of carbonyl (C=O) groups is 2. The molecule has 2 amide bonds. The number of halogens is 2. The molecule has 0 aliphatic rings. The van der Waals surface area contributed by atoms with E-state index in [-0.39, 0.29) is 11.7 Å². The lowest BCUT2D eigenvalue weighted by molar-refractivity contribution is -0.125. The van der Waals surface area contributed by atoms with Gasteiger partial charge < -0.3 is 9.47 Å². The largest absolute Gasteiger partial charge is 0.493 e. The summed E-state index contributed by atoms with van der Waals surface area (Å²) in [6.45, 7) is 0. The number of ether oxygens (including phenoxy) is 2. The van der Waals surface area contributed by atoms with Gasteiger partial charge >= 0.3 is 0 Å². The van der Waals surface area contributed by atoms with Crippen LogP contribution in [0, 0.1) is 0 Å². The quantitative estimate of drug-likeness (QED) is 0.387. The highest BCUT2D eigenvalue weighted by Gasteiger charge is 2.08. The smallest absolute Gasteiger partial charge is 0.262 e. The third-order valence-corrected chi connectivity index (χ3v) is 5.14. The van der Waals surface area contributed by atoms with Crippen LogP contribution in [-0.2, 0) is 9.59 Å². The fourth-order valence-corrected chi connectivity index (χ4v) is 3.36. The molecular formula is C19H18Cl2N2O4S. The number of hydrazine groups is 1. The topological polar surface area (TPSA) is 76.7 Å². The van der Waals surface area contributed by atoms with E-state index in [1.165, 1.54) is 24.9 Å². The summed E-state index contributed by atoms with van der Waals surface area (Å²) in [5.41, 5.74) is 5.39. The maximum absolute atomic E-state index is 11.9. The van der Waals surface area contributed by atoms with Gasteiger partial charge in [-0.2, -0.15) is 0 Å². The number of benzene rings is 2. The first-order valence-electron chi connectivity index (χ1n) is 7.99. The lowest BCUT2D eigenvalue weighted by Crippen LogP contribution is -2.41. The molecule has 0 aliphatic heterocycles. The molecule has 28 heavy (non-hydrogen) atoms. The normalized spacial score (nSPS) is 10.6. The molecule has 2 aromatic rings. The van der Waals surface area contributed by atoms with Gasteiger partial charge in [0.05, 0.1) is 25.0 Å². The SMILES string of the molecule is COc1ccc(/C=C/C(=O)NNC(=O)CSc2cc(Cl)ccc2Cl)cc1OC.